The average Bonchev–Trinajstić information content (AvgIpc) is 3.48. The lowest BCUT2D eigenvalue weighted by Gasteiger charge is -2.27. The third-order valence-electron chi connectivity index (χ3n) is 7.25. The molecule has 14 heteroatoms. The number of hydrogen-bond acceptors (Lipinski definition) is 8. The highest BCUT2D eigenvalue weighted by Gasteiger charge is 2.46. The molecule has 41 heavy (non-hydrogen) atoms. The lowest BCUT2D eigenvalue weighted by molar-refractivity contribution is -0.145. The van der Waals surface area contributed by atoms with E-state index >= 15 is 0 Å². The molecule has 0 aliphatic carbocycles. The van der Waals surface area contributed by atoms with Gasteiger partial charge in [-0.1, -0.05) is 30.3 Å². The molecule has 1 unspecified atom stereocenters. The summed E-state index contributed by atoms with van der Waals surface area (Å²) in [5.41, 5.74) is 1.94. The van der Waals surface area contributed by atoms with E-state index in [-0.39, 0.29) is 48.7 Å². The van der Waals surface area contributed by atoms with Gasteiger partial charge >= 0.3 is 6.18 Å². The number of carbonyl (C=O) groups excluding carboxylic acids is 4. The number of piperidine rings is 1. The molecule has 0 bridgehead atoms. The van der Waals surface area contributed by atoms with Gasteiger partial charge in [-0.05, 0) is 29.7 Å². The Kier molecular flexibility index (Phi) is 6.56. The lowest BCUT2D eigenvalue weighted by Crippen LogP contribution is -2.54. The van der Waals surface area contributed by atoms with Crippen molar-refractivity contribution in [2.45, 2.75) is 51.3 Å². The normalized spacial score (nSPS) is 19.3. The fraction of sp³-hybridized carbons (Fsp3) is 0.333. The van der Waals surface area contributed by atoms with Gasteiger partial charge in [0.25, 0.3) is 17.6 Å². The Labute approximate surface area is 230 Å². The second-order valence-electron chi connectivity index (χ2n) is 10.0. The smallest absolute Gasteiger partial charge is 0.453 e. The molecule has 1 saturated heterocycles. The van der Waals surface area contributed by atoms with Crippen molar-refractivity contribution in [1.29, 1.82) is 0 Å². The molecule has 2 aromatic carbocycles. The van der Waals surface area contributed by atoms with Crippen molar-refractivity contribution in [3.8, 4) is 5.75 Å². The number of fused-ring (bicyclic) bond motifs is 2. The molecule has 11 nitrogen and oxygen atoms in total. The van der Waals surface area contributed by atoms with Crippen LogP contribution in [0.15, 0.2) is 42.5 Å². The van der Waals surface area contributed by atoms with E-state index in [2.05, 4.69) is 15.4 Å². The van der Waals surface area contributed by atoms with Crippen LogP contribution < -0.4 is 10.1 Å². The van der Waals surface area contributed by atoms with E-state index in [1.54, 1.807) is 12.1 Å². The zero-order valence-electron chi connectivity index (χ0n) is 21.5. The highest BCUT2D eigenvalue weighted by molar-refractivity contribution is 6.24. The molecule has 6 rings (SSSR count). The third kappa shape index (κ3) is 5.06. The molecule has 4 heterocycles. The molecule has 1 atom stereocenters. The van der Waals surface area contributed by atoms with Crippen LogP contribution in [0.1, 0.15) is 56.3 Å². The first kappa shape index (κ1) is 26.6. The van der Waals surface area contributed by atoms with Crippen LogP contribution in [0.25, 0.3) is 0 Å². The number of halogens is 3. The second kappa shape index (κ2) is 10.1. The van der Waals surface area contributed by atoms with Crippen molar-refractivity contribution in [2.24, 2.45) is 0 Å². The Balaban J connectivity index is 1.09. The van der Waals surface area contributed by atoms with Gasteiger partial charge in [-0.3, -0.25) is 34.3 Å². The minimum Gasteiger partial charge on any atom is -0.488 e. The maximum absolute atomic E-state index is 13.2. The number of aromatic nitrogens is 3. The molecular weight excluding hydrogens is 545 g/mol. The predicted molar refractivity (Wildman–Crippen MR) is 133 cm³/mol. The summed E-state index contributed by atoms with van der Waals surface area (Å²) in [6, 6.07) is 11.0. The molecule has 1 aromatic heterocycles. The number of hydrogen-bond donors (Lipinski definition) is 1. The molecule has 4 amide bonds. The zero-order chi connectivity index (χ0) is 28.9. The van der Waals surface area contributed by atoms with E-state index in [1.165, 1.54) is 10.7 Å². The van der Waals surface area contributed by atoms with E-state index < -0.39 is 41.7 Å². The molecule has 212 valence electrons. The molecule has 0 radical (unpaired) electrons. The summed E-state index contributed by atoms with van der Waals surface area (Å²) in [6.07, 6.45) is -4.49. The Bertz CT molecular complexity index is 1570. The highest BCUT2D eigenvalue weighted by Crippen LogP contribution is 2.34. The van der Waals surface area contributed by atoms with Crippen molar-refractivity contribution < 1.29 is 37.1 Å². The van der Waals surface area contributed by atoms with E-state index in [9.17, 15) is 32.3 Å². The first-order chi connectivity index (χ1) is 19.6. The Morgan fingerprint density at radius 1 is 0.976 bits per heavy atom. The van der Waals surface area contributed by atoms with E-state index in [1.807, 2.05) is 29.2 Å². The number of carbonyl (C=O) groups is 4. The second-order valence-corrected chi connectivity index (χ2v) is 10.0. The van der Waals surface area contributed by atoms with Crippen LogP contribution in [-0.2, 0) is 42.0 Å². The summed E-state index contributed by atoms with van der Waals surface area (Å²) in [5.74, 6) is -3.04. The summed E-state index contributed by atoms with van der Waals surface area (Å²) in [7, 11) is 0. The van der Waals surface area contributed by atoms with Gasteiger partial charge in [0.1, 0.15) is 24.2 Å². The van der Waals surface area contributed by atoms with Crippen LogP contribution in [0.2, 0.25) is 0 Å². The standard InChI is InChI=1S/C27H23F3N6O5/c28-27(29,30)26-31-20-13-34(10-11-35(20)33-26)12-15-4-6-16(7-5-15)14-41-19-3-1-2-17-22(19)25(40)36(24(17)39)18-8-9-21(37)32-23(18)38/h1-7,18H,8-14H2,(H,32,37,38). The molecular formula is C27H23F3N6O5. The Morgan fingerprint density at radius 2 is 1.73 bits per heavy atom. The average molecular weight is 569 g/mol. The minimum absolute atomic E-state index is 0.0293. The van der Waals surface area contributed by atoms with Gasteiger partial charge in [0.05, 0.1) is 24.2 Å². The van der Waals surface area contributed by atoms with Gasteiger partial charge in [0.15, 0.2) is 0 Å². The molecule has 1 N–H and O–H groups in total. The number of imide groups is 2. The van der Waals surface area contributed by atoms with Crippen LogP contribution in [0.3, 0.4) is 0 Å². The van der Waals surface area contributed by atoms with Gasteiger partial charge in [-0.25, -0.2) is 9.67 Å². The van der Waals surface area contributed by atoms with Gasteiger partial charge in [0.2, 0.25) is 11.8 Å². The third-order valence-corrected chi connectivity index (χ3v) is 7.25. The van der Waals surface area contributed by atoms with E-state index in [4.69, 9.17) is 4.74 Å². The predicted octanol–water partition coefficient (Wildman–Crippen LogP) is 2.29. The molecule has 3 aromatic rings. The first-order valence-electron chi connectivity index (χ1n) is 12.9. The quantitative estimate of drug-likeness (QED) is 0.449. The Morgan fingerprint density at radius 3 is 2.46 bits per heavy atom. The number of rotatable bonds is 6. The summed E-state index contributed by atoms with van der Waals surface area (Å²) in [4.78, 5) is 56.5. The highest BCUT2D eigenvalue weighted by atomic mass is 19.4. The summed E-state index contributed by atoms with van der Waals surface area (Å²) in [6.45, 7) is 1.70. The molecule has 0 spiro atoms. The zero-order valence-corrected chi connectivity index (χ0v) is 21.5. The molecule has 3 aliphatic rings. The number of nitrogens with one attached hydrogen (secondary N) is 1. The van der Waals surface area contributed by atoms with Crippen molar-refractivity contribution >= 4 is 23.6 Å². The number of amides is 4. The molecule has 0 saturated carbocycles. The summed E-state index contributed by atoms with van der Waals surface area (Å²) >= 11 is 0. The fourth-order valence-electron chi connectivity index (χ4n) is 5.21. The minimum atomic E-state index is -4.58. The van der Waals surface area contributed by atoms with Crippen LogP contribution in [0.5, 0.6) is 5.75 Å². The van der Waals surface area contributed by atoms with Crippen molar-refractivity contribution in [3.63, 3.8) is 0 Å². The summed E-state index contributed by atoms with van der Waals surface area (Å²) < 4.78 is 46.0. The van der Waals surface area contributed by atoms with E-state index in [0.717, 1.165) is 16.0 Å². The topological polar surface area (TPSA) is 127 Å². The fourth-order valence-corrected chi connectivity index (χ4v) is 5.21. The maximum atomic E-state index is 13.2. The van der Waals surface area contributed by atoms with E-state index in [0.29, 0.717) is 19.6 Å². The SMILES string of the molecule is O=C1CCC(N2C(=O)c3cccc(OCc4ccc(CN5CCn6nc(C(F)(F)F)nc6C5)cc4)c3C2=O)C(=O)N1. The largest absolute Gasteiger partial charge is 0.488 e. The number of nitrogens with zero attached hydrogens (tertiary/aromatic N) is 5. The van der Waals surface area contributed by atoms with Crippen molar-refractivity contribution in [3.05, 3.63) is 76.4 Å². The van der Waals surface area contributed by atoms with Gasteiger partial charge in [-0.15, -0.1) is 5.10 Å². The monoisotopic (exact) mass is 568 g/mol. The van der Waals surface area contributed by atoms with Gasteiger partial charge in [-0.2, -0.15) is 13.2 Å². The van der Waals surface area contributed by atoms with Gasteiger partial charge in [0, 0.05) is 19.5 Å². The maximum Gasteiger partial charge on any atom is 0.453 e. The number of ether oxygens (including phenoxy) is 1. The van der Waals surface area contributed by atoms with Crippen molar-refractivity contribution in [1.82, 2.24) is 29.9 Å². The van der Waals surface area contributed by atoms with Crippen LogP contribution >= 0.6 is 0 Å². The van der Waals surface area contributed by atoms with Crippen LogP contribution in [-0.4, -0.2) is 60.8 Å². The number of alkyl halides is 3. The number of benzene rings is 2. The molecule has 1 fully saturated rings. The van der Waals surface area contributed by atoms with Crippen molar-refractivity contribution in [2.75, 3.05) is 6.54 Å². The Hall–Kier alpha value is -4.59. The van der Waals surface area contributed by atoms with Gasteiger partial charge < -0.3 is 4.74 Å². The molecule has 3 aliphatic heterocycles. The summed E-state index contributed by atoms with van der Waals surface area (Å²) in [5, 5.41) is 5.72. The first-order valence-corrected chi connectivity index (χ1v) is 12.9. The lowest BCUT2D eigenvalue weighted by atomic mass is 10.0. The van der Waals surface area contributed by atoms with Crippen LogP contribution in [0.4, 0.5) is 13.2 Å². The van der Waals surface area contributed by atoms with Crippen LogP contribution in [0, 0.1) is 0 Å².